The van der Waals surface area contributed by atoms with Crippen molar-refractivity contribution in [2.24, 2.45) is 17.4 Å². The molecule has 1 aliphatic heterocycles. The Labute approximate surface area is 118 Å². The summed E-state index contributed by atoms with van der Waals surface area (Å²) >= 11 is 0. The van der Waals surface area contributed by atoms with Gasteiger partial charge in [0.05, 0.1) is 5.92 Å². The van der Waals surface area contributed by atoms with Crippen LogP contribution in [0.4, 0.5) is 4.39 Å². The number of hydrogen-bond acceptors (Lipinski definition) is 3. The zero-order chi connectivity index (χ0) is 14.7. The molecule has 0 saturated carbocycles. The normalized spacial score (nSPS) is 25.4. The Morgan fingerprint density at radius 1 is 1.50 bits per heavy atom. The quantitative estimate of drug-likeness (QED) is 0.875. The van der Waals surface area contributed by atoms with E-state index in [4.69, 9.17) is 11.5 Å². The topological polar surface area (TPSA) is 72.4 Å². The van der Waals surface area contributed by atoms with Gasteiger partial charge in [-0.05, 0) is 37.5 Å². The van der Waals surface area contributed by atoms with E-state index in [1.165, 1.54) is 12.1 Å². The van der Waals surface area contributed by atoms with Gasteiger partial charge in [0.25, 0.3) is 0 Å². The molecule has 0 spiro atoms. The summed E-state index contributed by atoms with van der Waals surface area (Å²) in [6.07, 6.45) is 1.72. The molecule has 1 saturated heterocycles. The van der Waals surface area contributed by atoms with Gasteiger partial charge in [0.15, 0.2) is 0 Å². The van der Waals surface area contributed by atoms with Crippen LogP contribution >= 0.6 is 0 Å². The van der Waals surface area contributed by atoms with E-state index in [1.807, 2.05) is 6.07 Å². The van der Waals surface area contributed by atoms with Gasteiger partial charge in [-0.25, -0.2) is 4.39 Å². The van der Waals surface area contributed by atoms with Crippen LogP contribution in [-0.2, 0) is 4.79 Å². The molecular weight excluding hydrogens is 257 g/mol. The monoisotopic (exact) mass is 279 g/mol. The number of hydrogen-bond donors (Lipinski definition) is 2. The smallest absolute Gasteiger partial charge is 0.221 e. The minimum atomic E-state index is -0.267. The summed E-state index contributed by atoms with van der Waals surface area (Å²) in [5.41, 5.74) is 12.2. The average Bonchev–Trinajstić information content (AvgIpc) is 2.41. The molecule has 1 aromatic rings. The van der Waals surface area contributed by atoms with E-state index in [1.54, 1.807) is 6.07 Å². The van der Waals surface area contributed by atoms with Crippen molar-refractivity contribution in [1.82, 2.24) is 4.90 Å². The standard InChI is InChI=1S/C15H22FN3O/c1-10-5-6-12(15(18)20)9-19(10)14(8-17)11-3-2-4-13(16)7-11/h2-4,7,10,12,14H,5-6,8-9,17H2,1H3,(H2,18,20). The average molecular weight is 279 g/mol. The Balaban J connectivity index is 2.23. The number of carbonyl (C=O) groups excluding carboxylic acids is 1. The van der Waals surface area contributed by atoms with Gasteiger partial charge in [0.1, 0.15) is 5.82 Å². The maximum Gasteiger partial charge on any atom is 0.221 e. The second-order valence-electron chi connectivity index (χ2n) is 5.53. The number of nitrogens with two attached hydrogens (primary N) is 2. The number of benzene rings is 1. The molecule has 4 N–H and O–H groups in total. The highest BCUT2D eigenvalue weighted by Crippen LogP contribution is 2.30. The van der Waals surface area contributed by atoms with E-state index < -0.39 is 0 Å². The van der Waals surface area contributed by atoms with Gasteiger partial charge in [-0.15, -0.1) is 0 Å². The molecule has 1 amide bonds. The molecule has 0 radical (unpaired) electrons. The van der Waals surface area contributed by atoms with Gasteiger partial charge in [-0.2, -0.15) is 0 Å². The van der Waals surface area contributed by atoms with Crippen molar-refractivity contribution in [3.63, 3.8) is 0 Å². The number of halogens is 1. The second kappa shape index (κ2) is 6.33. The number of amides is 1. The van der Waals surface area contributed by atoms with Crippen LogP contribution in [0.2, 0.25) is 0 Å². The summed E-state index contributed by atoms with van der Waals surface area (Å²) in [5, 5.41) is 0. The Bertz CT molecular complexity index is 480. The predicted octanol–water partition coefficient (Wildman–Crippen LogP) is 1.41. The molecule has 1 fully saturated rings. The van der Waals surface area contributed by atoms with Crippen molar-refractivity contribution in [2.75, 3.05) is 13.1 Å². The van der Waals surface area contributed by atoms with Crippen molar-refractivity contribution in [2.45, 2.75) is 31.8 Å². The fourth-order valence-electron chi connectivity index (χ4n) is 2.98. The molecule has 2 rings (SSSR count). The zero-order valence-electron chi connectivity index (χ0n) is 11.8. The summed E-state index contributed by atoms with van der Waals surface area (Å²) in [4.78, 5) is 13.6. The maximum absolute atomic E-state index is 13.4. The van der Waals surface area contributed by atoms with Crippen molar-refractivity contribution in [3.05, 3.63) is 35.6 Å². The third-order valence-corrected chi connectivity index (χ3v) is 4.19. The summed E-state index contributed by atoms with van der Waals surface area (Å²) in [5.74, 6) is -0.678. The van der Waals surface area contributed by atoms with Crippen molar-refractivity contribution in [3.8, 4) is 0 Å². The van der Waals surface area contributed by atoms with Crippen LogP contribution in [0.15, 0.2) is 24.3 Å². The number of primary amides is 1. The fraction of sp³-hybridized carbons (Fsp3) is 0.533. The molecule has 0 bridgehead atoms. The van der Waals surface area contributed by atoms with Crippen LogP contribution in [0, 0.1) is 11.7 Å². The molecule has 110 valence electrons. The summed E-state index contributed by atoms with van der Waals surface area (Å²) < 4.78 is 13.4. The molecule has 1 aromatic carbocycles. The first kappa shape index (κ1) is 14.9. The maximum atomic E-state index is 13.4. The molecule has 0 aliphatic carbocycles. The lowest BCUT2D eigenvalue weighted by Gasteiger charge is -2.42. The number of piperidine rings is 1. The van der Waals surface area contributed by atoms with E-state index >= 15 is 0 Å². The second-order valence-corrected chi connectivity index (χ2v) is 5.53. The van der Waals surface area contributed by atoms with Gasteiger partial charge in [-0.3, -0.25) is 9.69 Å². The number of nitrogens with zero attached hydrogens (tertiary/aromatic N) is 1. The van der Waals surface area contributed by atoms with Crippen LogP contribution in [0.3, 0.4) is 0 Å². The third kappa shape index (κ3) is 3.16. The van der Waals surface area contributed by atoms with E-state index in [9.17, 15) is 9.18 Å². The molecule has 3 atom stereocenters. The van der Waals surface area contributed by atoms with E-state index in [0.29, 0.717) is 19.1 Å². The van der Waals surface area contributed by atoms with E-state index in [-0.39, 0.29) is 23.7 Å². The van der Waals surface area contributed by atoms with Gasteiger partial charge < -0.3 is 11.5 Å². The molecule has 3 unspecified atom stereocenters. The summed E-state index contributed by atoms with van der Waals surface area (Å²) in [7, 11) is 0. The first-order valence-electron chi connectivity index (χ1n) is 7.03. The largest absolute Gasteiger partial charge is 0.369 e. The fourth-order valence-corrected chi connectivity index (χ4v) is 2.98. The van der Waals surface area contributed by atoms with Gasteiger partial charge >= 0.3 is 0 Å². The molecule has 1 heterocycles. The van der Waals surface area contributed by atoms with Crippen LogP contribution in [0.1, 0.15) is 31.4 Å². The van der Waals surface area contributed by atoms with E-state index in [0.717, 1.165) is 18.4 Å². The summed E-state index contributed by atoms with van der Waals surface area (Å²) in [6, 6.07) is 6.72. The Morgan fingerprint density at radius 3 is 2.85 bits per heavy atom. The van der Waals surface area contributed by atoms with Crippen LogP contribution in [0.25, 0.3) is 0 Å². The lowest BCUT2D eigenvalue weighted by molar-refractivity contribution is -0.124. The van der Waals surface area contributed by atoms with E-state index in [2.05, 4.69) is 11.8 Å². The zero-order valence-corrected chi connectivity index (χ0v) is 11.8. The number of rotatable bonds is 4. The van der Waals surface area contributed by atoms with Crippen molar-refractivity contribution < 1.29 is 9.18 Å². The summed E-state index contributed by atoms with van der Waals surface area (Å²) in [6.45, 7) is 3.09. The Morgan fingerprint density at radius 2 is 2.25 bits per heavy atom. The lowest BCUT2D eigenvalue weighted by atomic mass is 9.90. The van der Waals surface area contributed by atoms with Gasteiger partial charge in [0.2, 0.25) is 5.91 Å². The highest BCUT2D eigenvalue weighted by molar-refractivity contribution is 5.77. The van der Waals surface area contributed by atoms with Crippen LogP contribution < -0.4 is 11.5 Å². The Hall–Kier alpha value is -1.46. The molecule has 20 heavy (non-hydrogen) atoms. The van der Waals surface area contributed by atoms with Crippen molar-refractivity contribution >= 4 is 5.91 Å². The molecule has 0 aromatic heterocycles. The molecular formula is C15H22FN3O. The van der Waals surface area contributed by atoms with Crippen LogP contribution in [-0.4, -0.2) is 29.9 Å². The number of likely N-dealkylation sites (tertiary alicyclic amines) is 1. The first-order valence-corrected chi connectivity index (χ1v) is 7.03. The van der Waals surface area contributed by atoms with Crippen molar-refractivity contribution in [1.29, 1.82) is 0 Å². The highest BCUT2D eigenvalue weighted by atomic mass is 19.1. The minimum Gasteiger partial charge on any atom is -0.369 e. The van der Waals surface area contributed by atoms with Crippen LogP contribution in [0.5, 0.6) is 0 Å². The van der Waals surface area contributed by atoms with Gasteiger partial charge in [-0.1, -0.05) is 12.1 Å². The van der Waals surface area contributed by atoms with Gasteiger partial charge in [0, 0.05) is 25.2 Å². The third-order valence-electron chi connectivity index (χ3n) is 4.19. The highest BCUT2D eigenvalue weighted by Gasteiger charge is 2.33. The SMILES string of the molecule is CC1CCC(C(N)=O)CN1C(CN)c1cccc(F)c1. The molecule has 1 aliphatic rings. The Kier molecular flexibility index (Phi) is 4.73. The molecule has 4 nitrogen and oxygen atoms in total. The minimum absolute atomic E-state index is 0.0807. The number of carbonyl (C=O) groups is 1. The predicted molar refractivity (Wildman–Crippen MR) is 76.3 cm³/mol. The molecule has 5 heteroatoms. The lowest BCUT2D eigenvalue weighted by Crippen LogP contribution is -2.49. The first-order chi connectivity index (χ1) is 9.52.